The third-order valence-electron chi connectivity index (χ3n) is 5.22. The van der Waals surface area contributed by atoms with E-state index in [0.717, 1.165) is 4.31 Å². The maximum Gasteiger partial charge on any atom is 0.338 e. The molecular formula is C25H25NO8S. The maximum absolute atomic E-state index is 13.0. The molecule has 0 aliphatic carbocycles. The number of Topliss-reactive ketones (excluding diaryl/α,β-unsaturated/α-hetero) is 1. The molecule has 0 spiro atoms. The summed E-state index contributed by atoms with van der Waals surface area (Å²) in [7, 11) is 1.85. The third kappa shape index (κ3) is 5.55. The Morgan fingerprint density at radius 2 is 1.49 bits per heavy atom. The number of carbonyl (C=O) groups is 2. The molecule has 3 rings (SSSR count). The first-order valence-electron chi connectivity index (χ1n) is 10.4. The van der Waals surface area contributed by atoms with Gasteiger partial charge in [-0.25, -0.2) is 13.2 Å². The molecule has 0 bridgehead atoms. The summed E-state index contributed by atoms with van der Waals surface area (Å²) in [5.74, 6) is -0.0267. The van der Waals surface area contributed by atoms with Gasteiger partial charge in [-0.1, -0.05) is 12.1 Å². The molecule has 0 saturated heterocycles. The Hall–Kier alpha value is -4.05. The Balaban J connectivity index is 1.70. The zero-order valence-corrected chi connectivity index (χ0v) is 20.5. The number of hydrogen-bond donors (Lipinski definition) is 0. The number of esters is 1. The number of hydrogen-bond acceptors (Lipinski definition) is 8. The molecule has 0 N–H and O–H groups in total. The van der Waals surface area contributed by atoms with Gasteiger partial charge in [-0.2, -0.15) is 0 Å². The lowest BCUT2D eigenvalue weighted by Gasteiger charge is -2.21. The maximum atomic E-state index is 13.0. The molecule has 0 radical (unpaired) electrons. The minimum Gasteiger partial charge on any atom is -0.497 e. The van der Waals surface area contributed by atoms with Crippen molar-refractivity contribution in [2.45, 2.75) is 4.90 Å². The molecule has 0 heterocycles. The first-order chi connectivity index (χ1) is 16.7. The van der Waals surface area contributed by atoms with Gasteiger partial charge in [-0.05, 0) is 48.5 Å². The van der Waals surface area contributed by atoms with Crippen LogP contribution in [0.3, 0.4) is 0 Å². The second-order valence-corrected chi connectivity index (χ2v) is 9.20. The number of benzene rings is 3. The first-order valence-corrected chi connectivity index (χ1v) is 11.8. The smallest absolute Gasteiger partial charge is 0.338 e. The molecule has 9 nitrogen and oxygen atoms in total. The van der Waals surface area contributed by atoms with Gasteiger partial charge in [-0.15, -0.1) is 0 Å². The van der Waals surface area contributed by atoms with Gasteiger partial charge in [0.05, 0.1) is 43.0 Å². The molecule has 0 aliphatic rings. The normalized spacial score (nSPS) is 10.9. The van der Waals surface area contributed by atoms with Crippen molar-refractivity contribution >= 4 is 27.5 Å². The highest BCUT2D eigenvalue weighted by Crippen LogP contribution is 2.31. The summed E-state index contributed by atoms with van der Waals surface area (Å²) in [6, 6.07) is 16.6. The predicted octanol–water partition coefficient (Wildman–Crippen LogP) is 3.58. The van der Waals surface area contributed by atoms with E-state index in [1.807, 2.05) is 0 Å². The Morgan fingerprint density at radius 3 is 2.11 bits per heavy atom. The van der Waals surface area contributed by atoms with E-state index in [4.69, 9.17) is 18.9 Å². The van der Waals surface area contributed by atoms with E-state index in [1.54, 1.807) is 36.4 Å². The van der Waals surface area contributed by atoms with Crippen molar-refractivity contribution < 1.29 is 37.0 Å². The molecule has 0 amide bonds. The van der Waals surface area contributed by atoms with E-state index in [0.29, 0.717) is 22.9 Å². The van der Waals surface area contributed by atoms with Crippen LogP contribution in [0.15, 0.2) is 71.6 Å². The van der Waals surface area contributed by atoms with Crippen LogP contribution in [0, 0.1) is 0 Å². The highest BCUT2D eigenvalue weighted by molar-refractivity contribution is 7.92. The van der Waals surface area contributed by atoms with Crippen molar-refractivity contribution in [2.24, 2.45) is 0 Å². The van der Waals surface area contributed by atoms with Gasteiger partial charge in [0, 0.05) is 13.1 Å². The summed E-state index contributed by atoms with van der Waals surface area (Å²) in [6.07, 6.45) is 0. The Morgan fingerprint density at radius 1 is 0.829 bits per heavy atom. The topological polar surface area (TPSA) is 108 Å². The molecule has 0 unspecified atom stereocenters. The van der Waals surface area contributed by atoms with Gasteiger partial charge >= 0.3 is 5.97 Å². The summed E-state index contributed by atoms with van der Waals surface area (Å²) in [5, 5.41) is 0. The van der Waals surface area contributed by atoms with Crippen LogP contribution in [0.25, 0.3) is 0 Å². The number of sulfonamides is 1. The predicted molar refractivity (Wildman–Crippen MR) is 129 cm³/mol. The molecule has 0 saturated carbocycles. The fourth-order valence-electron chi connectivity index (χ4n) is 3.26. The number of anilines is 1. The van der Waals surface area contributed by atoms with Crippen molar-refractivity contribution in [3.63, 3.8) is 0 Å². The molecule has 0 aliphatic heterocycles. The van der Waals surface area contributed by atoms with Crippen LogP contribution >= 0.6 is 0 Å². The van der Waals surface area contributed by atoms with Crippen LogP contribution < -0.4 is 18.5 Å². The molecule has 10 heteroatoms. The highest BCUT2D eigenvalue weighted by atomic mass is 32.2. The summed E-state index contributed by atoms with van der Waals surface area (Å²) in [5.41, 5.74) is 0.700. The highest BCUT2D eigenvalue weighted by Gasteiger charge is 2.24. The van der Waals surface area contributed by atoms with Gasteiger partial charge < -0.3 is 18.9 Å². The fraction of sp³-hybridized carbons (Fsp3) is 0.200. The molecule has 3 aromatic rings. The number of carbonyl (C=O) groups excluding carboxylic acids is 2. The van der Waals surface area contributed by atoms with Crippen LogP contribution in [0.1, 0.15) is 20.7 Å². The van der Waals surface area contributed by atoms with Gasteiger partial charge in [0.1, 0.15) is 17.2 Å². The number of nitrogens with zero attached hydrogens (tertiary/aromatic N) is 1. The number of methoxy groups -OCH3 is 3. The SMILES string of the molecule is COc1ccc(C(=O)COC(=O)c2ccc(S(=O)(=O)N(C)c3ccccc3OC)cc2)c(OC)c1. The molecule has 0 fully saturated rings. The van der Waals surface area contributed by atoms with Gasteiger partial charge in [0.25, 0.3) is 10.0 Å². The van der Waals surface area contributed by atoms with Crippen LogP contribution in [0.4, 0.5) is 5.69 Å². The second kappa shape index (κ2) is 10.9. The monoisotopic (exact) mass is 499 g/mol. The van der Waals surface area contributed by atoms with Gasteiger partial charge in [0.15, 0.2) is 6.61 Å². The number of para-hydroxylation sites is 2. The van der Waals surface area contributed by atoms with E-state index in [9.17, 15) is 18.0 Å². The number of ether oxygens (including phenoxy) is 4. The van der Waals surface area contributed by atoms with Gasteiger partial charge in [-0.3, -0.25) is 9.10 Å². The third-order valence-corrected chi connectivity index (χ3v) is 7.00. The van der Waals surface area contributed by atoms with Crippen LogP contribution in [-0.2, 0) is 14.8 Å². The molecule has 35 heavy (non-hydrogen) atoms. The molecule has 0 aromatic heterocycles. The Labute approximate surface area is 203 Å². The van der Waals surface area contributed by atoms with Crippen LogP contribution in [0.5, 0.6) is 17.2 Å². The van der Waals surface area contributed by atoms with Crippen LogP contribution in [-0.4, -0.2) is 55.2 Å². The van der Waals surface area contributed by atoms with Crippen molar-refractivity contribution in [3.05, 3.63) is 77.9 Å². The van der Waals surface area contributed by atoms with E-state index in [1.165, 1.54) is 58.7 Å². The van der Waals surface area contributed by atoms with E-state index >= 15 is 0 Å². The largest absolute Gasteiger partial charge is 0.497 e. The summed E-state index contributed by atoms with van der Waals surface area (Å²) >= 11 is 0. The summed E-state index contributed by atoms with van der Waals surface area (Å²) in [4.78, 5) is 24.9. The Kier molecular flexibility index (Phi) is 7.98. The quantitative estimate of drug-likeness (QED) is 0.308. The molecule has 184 valence electrons. The van der Waals surface area contributed by atoms with E-state index in [-0.39, 0.29) is 16.0 Å². The lowest BCUT2D eigenvalue weighted by molar-refractivity contribution is 0.0474. The summed E-state index contributed by atoms with van der Waals surface area (Å²) < 4.78 is 47.9. The van der Waals surface area contributed by atoms with E-state index < -0.39 is 28.4 Å². The van der Waals surface area contributed by atoms with Crippen molar-refractivity contribution in [3.8, 4) is 17.2 Å². The molecular weight excluding hydrogens is 474 g/mol. The number of ketones is 1. The summed E-state index contributed by atoms with van der Waals surface area (Å²) in [6.45, 7) is -0.516. The lowest BCUT2D eigenvalue weighted by atomic mass is 10.1. The van der Waals surface area contributed by atoms with Crippen LogP contribution in [0.2, 0.25) is 0 Å². The minimum absolute atomic E-state index is 0.0264. The first kappa shape index (κ1) is 25.6. The molecule has 3 aromatic carbocycles. The lowest BCUT2D eigenvalue weighted by Crippen LogP contribution is -2.27. The van der Waals surface area contributed by atoms with Crippen molar-refractivity contribution in [2.75, 3.05) is 39.3 Å². The Bertz CT molecular complexity index is 1320. The zero-order valence-electron chi connectivity index (χ0n) is 19.7. The average Bonchev–Trinajstić information content (AvgIpc) is 2.90. The van der Waals surface area contributed by atoms with Crippen molar-refractivity contribution in [1.82, 2.24) is 0 Å². The van der Waals surface area contributed by atoms with E-state index in [2.05, 4.69) is 0 Å². The number of rotatable bonds is 10. The van der Waals surface area contributed by atoms with Crippen molar-refractivity contribution in [1.29, 1.82) is 0 Å². The average molecular weight is 500 g/mol. The molecule has 0 atom stereocenters. The second-order valence-electron chi connectivity index (χ2n) is 7.23. The standard InChI is InChI=1S/C25H25NO8S/c1-26(21-7-5-6-8-23(21)32-3)35(29,30)19-12-9-17(10-13-19)25(28)34-16-22(27)20-14-11-18(31-2)15-24(20)33-4/h5-15H,16H2,1-4H3. The van der Waals surface area contributed by atoms with Gasteiger partial charge in [0.2, 0.25) is 5.78 Å². The fourth-order valence-corrected chi connectivity index (χ4v) is 4.47. The zero-order chi connectivity index (χ0) is 25.6. The minimum atomic E-state index is -3.92.